The smallest absolute Gasteiger partial charge is 0.129 e. The van der Waals surface area contributed by atoms with Gasteiger partial charge in [0, 0.05) is 29.4 Å². The van der Waals surface area contributed by atoms with Crippen LogP contribution in [0.15, 0.2) is 52.1 Å². The first kappa shape index (κ1) is 21.1. The van der Waals surface area contributed by atoms with Crippen LogP contribution in [-0.4, -0.2) is 21.6 Å². The lowest BCUT2D eigenvalue weighted by Crippen LogP contribution is -2.14. The molecule has 0 spiro atoms. The van der Waals surface area contributed by atoms with Gasteiger partial charge in [-0.3, -0.25) is 0 Å². The average molecular weight is 642 g/mol. The molecule has 0 saturated carbocycles. The number of nitrogens with zero attached hydrogens (tertiary/aromatic N) is 2. The highest BCUT2D eigenvalue weighted by molar-refractivity contribution is 9.11. The van der Waals surface area contributed by atoms with Crippen LogP contribution in [0.4, 0.5) is 11.4 Å². The van der Waals surface area contributed by atoms with Gasteiger partial charge in [0.05, 0.1) is 11.4 Å². The first-order valence-electron chi connectivity index (χ1n) is 7.70. The number of rotatable bonds is 2. The number of benzene rings is 2. The zero-order valence-electron chi connectivity index (χ0n) is 13.9. The van der Waals surface area contributed by atoms with E-state index >= 15 is 0 Å². The lowest BCUT2D eigenvalue weighted by atomic mass is 10.2. The van der Waals surface area contributed by atoms with Crippen molar-refractivity contribution in [1.29, 1.82) is 0 Å². The van der Waals surface area contributed by atoms with Gasteiger partial charge in [0.1, 0.15) is 10.1 Å². The Labute approximate surface area is 195 Å². The molecule has 0 aliphatic carbocycles. The van der Waals surface area contributed by atoms with E-state index in [1.54, 1.807) is 23.5 Å². The van der Waals surface area contributed by atoms with Gasteiger partial charge >= 0.3 is 0 Å². The number of aliphatic imine (C=N–C) groups is 2. The number of halogens is 4. The second-order valence-corrected chi connectivity index (χ2v) is 11.3. The quantitative estimate of drug-likeness (QED) is 0.328. The summed E-state index contributed by atoms with van der Waals surface area (Å²) in [5, 5.41) is 1.90. The Morgan fingerprint density at radius 2 is 0.962 bits per heavy atom. The van der Waals surface area contributed by atoms with E-state index in [1.165, 1.54) is 11.1 Å². The predicted octanol–water partition coefficient (Wildman–Crippen LogP) is 8.59. The van der Waals surface area contributed by atoms with E-state index in [-0.39, 0.29) is 0 Å². The van der Waals surface area contributed by atoms with E-state index in [0.717, 1.165) is 50.9 Å². The van der Waals surface area contributed by atoms with Crippen molar-refractivity contribution in [3.63, 3.8) is 0 Å². The molecule has 0 atom stereocenters. The minimum atomic E-state index is 0.898. The van der Waals surface area contributed by atoms with Crippen LogP contribution in [0, 0.1) is 13.8 Å². The maximum atomic E-state index is 4.92. The molecule has 1 heterocycles. The topological polar surface area (TPSA) is 24.7 Å². The van der Waals surface area contributed by atoms with Crippen molar-refractivity contribution in [3.8, 4) is 0 Å². The molecule has 8 heteroatoms. The van der Waals surface area contributed by atoms with E-state index < -0.39 is 0 Å². The lowest BCUT2D eigenvalue weighted by molar-refractivity contribution is 1.38. The molecule has 1 fully saturated rings. The third-order valence-electron chi connectivity index (χ3n) is 3.49. The maximum Gasteiger partial charge on any atom is 0.129 e. The summed E-state index contributed by atoms with van der Waals surface area (Å²) in [5.41, 5.74) is 4.16. The Morgan fingerprint density at radius 3 is 1.27 bits per heavy atom. The minimum absolute atomic E-state index is 0.898. The van der Waals surface area contributed by atoms with Crippen LogP contribution in [-0.2, 0) is 0 Å². The van der Waals surface area contributed by atoms with Crippen LogP contribution in [0.25, 0.3) is 0 Å². The van der Waals surface area contributed by atoms with Gasteiger partial charge in [-0.15, -0.1) is 23.5 Å². The molecule has 2 aromatic carbocycles. The first-order chi connectivity index (χ1) is 12.3. The molecule has 136 valence electrons. The van der Waals surface area contributed by atoms with E-state index in [4.69, 9.17) is 9.98 Å². The molecule has 0 N–H and O–H groups in total. The Bertz CT molecular complexity index is 804. The SMILES string of the molecule is Cc1cc(Br)c(N=C2SCCSC2=Nc2c(Br)cc(C)cc2Br)c(Br)c1. The minimum Gasteiger partial charge on any atom is -0.237 e. The second kappa shape index (κ2) is 9.27. The zero-order valence-corrected chi connectivity index (χ0v) is 21.9. The molecule has 0 radical (unpaired) electrons. The zero-order chi connectivity index (χ0) is 18.8. The van der Waals surface area contributed by atoms with E-state index in [0.29, 0.717) is 0 Å². The molecule has 0 bridgehead atoms. The predicted molar refractivity (Wildman–Crippen MR) is 132 cm³/mol. The summed E-state index contributed by atoms with van der Waals surface area (Å²) < 4.78 is 3.91. The van der Waals surface area contributed by atoms with E-state index in [9.17, 15) is 0 Å². The molecule has 1 aliphatic heterocycles. The highest BCUT2D eigenvalue weighted by Gasteiger charge is 2.19. The van der Waals surface area contributed by atoms with Gasteiger partial charge < -0.3 is 0 Å². The molecule has 2 nitrogen and oxygen atoms in total. The van der Waals surface area contributed by atoms with E-state index in [2.05, 4.69) is 102 Å². The van der Waals surface area contributed by atoms with Crippen LogP contribution in [0.2, 0.25) is 0 Å². The fraction of sp³-hybridized carbons (Fsp3) is 0.222. The monoisotopic (exact) mass is 638 g/mol. The van der Waals surface area contributed by atoms with Crippen LogP contribution >= 0.6 is 87.2 Å². The Kier molecular flexibility index (Phi) is 7.53. The standard InChI is InChI=1S/C18H14Br4N2S2/c1-9-5-11(19)15(12(20)6-9)23-17-18(26-4-3-25-17)24-16-13(21)7-10(2)8-14(16)22/h5-8H,3-4H2,1-2H3. The van der Waals surface area contributed by atoms with E-state index in [1.807, 2.05) is 0 Å². The molecule has 3 rings (SSSR count). The second-order valence-electron chi connectivity index (χ2n) is 5.69. The van der Waals surface area contributed by atoms with Gasteiger partial charge in [0.25, 0.3) is 0 Å². The number of thioether (sulfide) groups is 2. The largest absolute Gasteiger partial charge is 0.237 e. The van der Waals surface area contributed by atoms with Crippen LogP contribution in [0.1, 0.15) is 11.1 Å². The molecular formula is C18H14Br4N2S2. The van der Waals surface area contributed by atoms with Crippen molar-refractivity contribution in [2.24, 2.45) is 9.98 Å². The summed E-state index contributed by atoms with van der Waals surface area (Å²) in [6.45, 7) is 4.13. The van der Waals surface area contributed by atoms with Crippen molar-refractivity contribution < 1.29 is 0 Å². The van der Waals surface area contributed by atoms with Gasteiger partial charge in [-0.05, 0) is 113 Å². The molecule has 0 unspecified atom stereocenters. The van der Waals surface area contributed by atoms with Crippen molar-refractivity contribution in [2.45, 2.75) is 13.8 Å². The number of hydrogen-bond donors (Lipinski definition) is 0. The van der Waals surface area contributed by atoms with Crippen molar-refractivity contribution in [1.82, 2.24) is 0 Å². The summed E-state index contributed by atoms with van der Waals surface area (Å²) >= 11 is 18.0. The van der Waals surface area contributed by atoms with Gasteiger partial charge in [-0.25, -0.2) is 9.98 Å². The van der Waals surface area contributed by atoms with Crippen LogP contribution in [0.5, 0.6) is 0 Å². The summed E-state index contributed by atoms with van der Waals surface area (Å²) in [7, 11) is 0. The molecule has 0 amide bonds. The highest BCUT2D eigenvalue weighted by Crippen LogP contribution is 2.39. The molecule has 2 aromatic rings. The molecule has 26 heavy (non-hydrogen) atoms. The van der Waals surface area contributed by atoms with Crippen LogP contribution in [0.3, 0.4) is 0 Å². The van der Waals surface area contributed by atoms with Crippen LogP contribution < -0.4 is 0 Å². The average Bonchev–Trinajstić information content (AvgIpc) is 2.55. The molecular weight excluding hydrogens is 628 g/mol. The molecule has 0 aromatic heterocycles. The summed E-state index contributed by atoms with van der Waals surface area (Å²) in [4.78, 5) is 9.83. The third kappa shape index (κ3) is 5.06. The van der Waals surface area contributed by atoms with Crippen molar-refractivity contribution in [2.75, 3.05) is 11.5 Å². The summed E-state index contributed by atoms with van der Waals surface area (Å²) in [6, 6.07) is 8.31. The highest BCUT2D eigenvalue weighted by atomic mass is 79.9. The number of aryl methyl sites for hydroxylation is 2. The molecule has 1 aliphatic rings. The maximum absolute atomic E-state index is 4.92. The molecule has 1 saturated heterocycles. The lowest BCUT2D eigenvalue weighted by Gasteiger charge is -2.16. The third-order valence-corrected chi connectivity index (χ3v) is 8.23. The summed E-state index contributed by atoms with van der Waals surface area (Å²) in [5.74, 6) is 2.06. The summed E-state index contributed by atoms with van der Waals surface area (Å²) in [6.07, 6.45) is 0. The Morgan fingerprint density at radius 1 is 0.654 bits per heavy atom. The van der Waals surface area contributed by atoms with Gasteiger partial charge in [-0.1, -0.05) is 0 Å². The van der Waals surface area contributed by atoms with Crippen molar-refractivity contribution in [3.05, 3.63) is 53.3 Å². The number of hydrogen-bond acceptors (Lipinski definition) is 4. The first-order valence-corrected chi connectivity index (χ1v) is 12.8. The Balaban J connectivity index is 2.07. The normalized spacial score (nSPS) is 17.9. The van der Waals surface area contributed by atoms with Gasteiger partial charge in [0.15, 0.2) is 0 Å². The van der Waals surface area contributed by atoms with Gasteiger partial charge in [-0.2, -0.15) is 0 Å². The fourth-order valence-corrected chi connectivity index (χ4v) is 7.60. The van der Waals surface area contributed by atoms with Crippen molar-refractivity contribution >= 4 is 109 Å². The van der Waals surface area contributed by atoms with Gasteiger partial charge in [0.2, 0.25) is 0 Å². The Hall–Kier alpha value is 0.400. The fourth-order valence-electron chi connectivity index (χ4n) is 2.36.